The molecule has 1 heterocycles. The summed E-state index contributed by atoms with van der Waals surface area (Å²) in [5, 5.41) is 1.25. The minimum atomic E-state index is 0.481. The molecule has 3 heteroatoms. The fourth-order valence-corrected chi connectivity index (χ4v) is 4.08. The molecule has 90 valence electrons. The minimum absolute atomic E-state index is 0.481. The van der Waals surface area contributed by atoms with E-state index in [1.54, 1.807) is 0 Å². The van der Waals surface area contributed by atoms with Gasteiger partial charge in [0.05, 0.1) is 15.2 Å². The lowest BCUT2D eigenvalue weighted by molar-refractivity contribution is 0.439. The maximum Gasteiger partial charge on any atom is 0.0984 e. The third-order valence-corrected chi connectivity index (χ3v) is 5.02. The molecule has 0 radical (unpaired) electrons. The first-order chi connectivity index (χ1) is 8.38. The van der Waals surface area contributed by atoms with Crippen LogP contribution in [0, 0.1) is 5.92 Å². The number of hydrogen-bond donors (Lipinski definition) is 1. The van der Waals surface area contributed by atoms with Crippen LogP contribution in [-0.2, 0) is 0 Å². The Balaban J connectivity index is 1.94. The summed E-state index contributed by atoms with van der Waals surface area (Å²) in [5.74, 6) is 1.25. The van der Waals surface area contributed by atoms with Crippen molar-refractivity contribution in [2.75, 3.05) is 6.54 Å². The summed E-state index contributed by atoms with van der Waals surface area (Å²) in [6.07, 6.45) is 5.40. The SMILES string of the molecule is NCC(c1nc2ccccc2s1)C1CCCC1. The van der Waals surface area contributed by atoms with E-state index < -0.39 is 0 Å². The number of rotatable bonds is 3. The summed E-state index contributed by atoms with van der Waals surface area (Å²) in [5.41, 5.74) is 7.10. The second-order valence-electron chi connectivity index (χ2n) is 4.91. The molecule has 1 aromatic heterocycles. The number of nitrogens with zero attached hydrogens (tertiary/aromatic N) is 1. The average molecular weight is 246 g/mol. The van der Waals surface area contributed by atoms with E-state index in [9.17, 15) is 0 Å². The Morgan fingerprint density at radius 1 is 1.29 bits per heavy atom. The van der Waals surface area contributed by atoms with Crippen molar-refractivity contribution in [2.24, 2.45) is 11.7 Å². The van der Waals surface area contributed by atoms with Crippen LogP contribution in [0.4, 0.5) is 0 Å². The molecule has 1 aromatic carbocycles. The van der Waals surface area contributed by atoms with Gasteiger partial charge in [0.15, 0.2) is 0 Å². The Morgan fingerprint density at radius 3 is 2.76 bits per heavy atom. The fourth-order valence-electron chi connectivity index (χ4n) is 2.90. The van der Waals surface area contributed by atoms with E-state index in [1.165, 1.54) is 35.4 Å². The Bertz CT molecular complexity index is 467. The van der Waals surface area contributed by atoms with E-state index in [2.05, 4.69) is 24.3 Å². The van der Waals surface area contributed by atoms with Crippen LogP contribution in [0.1, 0.15) is 36.6 Å². The first-order valence-corrected chi connectivity index (χ1v) is 7.25. The standard InChI is InChI=1S/C14H18N2S/c15-9-11(10-5-1-2-6-10)14-16-12-7-3-4-8-13(12)17-14/h3-4,7-8,10-11H,1-2,5-6,9,15H2. The van der Waals surface area contributed by atoms with E-state index in [4.69, 9.17) is 10.7 Å². The van der Waals surface area contributed by atoms with Crippen molar-refractivity contribution in [3.05, 3.63) is 29.3 Å². The first-order valence-electron chi connectivity index (χ1n) is 6.44. The van der Waals surface area contributed by atoms with Crippen molar-refractivity contribution in [3.63, 3.8) is 0 Å². The second-order valence-corrected chi connectivity index (χ2v) is 5.97. The number of thiazole rings is 1. The van der Waals surface area contributed by atoms with Crippen LogP contribution in [0.3, 0.4) is 0 Å². The van der Waals surface area contributed by atoms with Crippen LogP contribution >= 0.6 is 11.3 Å². The van der Waals surface area contributed by atoms with E-state index >= 15 is 0 Å². The van der Waals surface area contributed by atoms with Crippen LogP contribution < -0.4 is 5.73 Å². The minimum Gasteiger partial charge on any atom is -0.330 e. The van der Waals surface area contributed by atoms with E-state index in [1.807, 2.05) is 11.3 Å². The number of nitrogens with two attached hydrogens (primary N) is 1. The monoisotopic (exact) mass is 246 g/mol. The molecule has 0 bridgehead atoms. The van der Waals surface area contributed by atoms with Gasteiger partial charge in [0, 0.05) is 12.5 Å². The molecule has 0 aliphatic heterocycles. The number of para-hydroxylation sites is 1. The largest absolute Gasteiger partial charge is 0.330 e. The molecule has 1 atom stereocenters. The van der Waals surface area contributed by atoms with E-state index in [-0.39, 0.29) is 0 Å². The number of aromatic nitrogens is 1. The molecule has 2 N–H and O–H groups in total. The van der Waals surface area contributed by atoms with Crippen LogP contribution in [0.25, 0.3) is 10.2 Å². The number of benzene rings is 1. The lowest BCUT2D eigenvalue weighted by Gasteiger charge is -2.18. The van der Waals surface area contributed by atoms with Crippen molar-refractivity contribution in [1.82, 2.24) is 4.98 Å². The number of fused-ring (bicyclic) bond motifs is 1. The van der Waals surface area contributed by atoms with Crippen molar-refractivity contribution in [2.45, 2.75) is 31.6 Å². The molecule has 17 heavy (non-hydrogen) atoms. The van der Waals surface area contributed by atoms with Gasteiger partial charge in [-0.15, -0.1) is 11.3 Å². The molecule has 1 fully saturated rings. The summed E-state index contributed by atoms with van der Waals surface area (Å²) in [7, 11) is 0. The second kappa shape index (κ2) is 4.75. The quantitative estimate of drug-likeness (QED) is 0.899. The highest BCUT2D eigenvalue weighted by Crippen LogP contribution is 2.39. The predicted octanol–water partition coefficient (Wildman–Crippen LogP) is 3.53. The molecule has 2 nitrogen and oxygen atoms in total. The summed E-state index contributed by atoms with van der Waals surface area (Å²) in [6, 6.07) is 8.38. The van der Waals surface area contributed by atoms with Crippen LogP contribution in [0.15, 0.2) is 24.3 Å². The Labute approximate surface area is 106 Å². The molecule has 1 saturated carbocycles. The zero-order chi connectivity index (χ0) is 11.7. The Morgan fingerprint density at radius 2 is 2.06 bits per heavy atom. The van der Waals surface area contributed by atoms with Gasteiger partial charge in [0.25, 0.3) is 0 Å². The van der Waals surface area contributed by atoms with Gasteiger partial charge in [-0.1, -0.05) is 25.0 Å². The highest BCUT2D eigenvalue weighted by Gasteiger charge is 2.27. The molecular formula is C14H18N2S. The smallest absolute Gasteiger partial charge is 0.0984 e. The molecule has 1 aliphatic carbocycles. The molecule has 0 spiro atoms. The summed E-state index contributed by atoms with van der Waals surface area (Å²) in [4.78, 5) is 4.77. The lowest BCUT2D eigenvalue weighted by Crippen LogP contribution is -2.19. The molecule has 3 rings (SSSR count). The van der Waals surface area contributed by atoms with Crippen molar-refractivity contribution >= 4 is 21.6 Å². The Hall–Kier alpha value is -0.930. The molecule has 0 amide bonds. The van der Waals surface area contributed by atoms with Gasteiger partial charge in [-0.3, -0.25) is 0 Å². The Kier molecular flexibility index (Phi) is 3.12. The highest BCUT2D eigenvalue weighted by atomic mass is 32.1. The normalized spacial score (nSPS) is 18.9. The lowest BCUT2D eigenvalue weighted by atomic mass is 9.91. The fraction of sp³-hybridized carbons (Fsp3) is 0.500. The first kappa shape index (κ1) is 11.2. The van der Waals surface area contributed by atoms with Crippen molar-refractivity contribution in [3.8, 4) is 0 Å². The van der Waals surface area contributed by atoms with Crippen LogP contribution in [0.2, 0.25) is 0 Å². The highest BCUT2D eigenvalue weighted by molar-refractivity contribution is 7.18. The molecule has 1 aliphatic rings. The topological polar surface area (TPSA) is 38.9 Å². The average Bonchev–Trinajstić information content (AvgIpc) is 2.98. The third kappa shape index (κ3) is 2.09. The van der Waals surface area contributed by atoms with Gasteiger partial charge >= 0.3 is 0 Å². The van der Waals surface area contributed by atoms with Crippen molar-refractivity contribution < 1.29 is 0 Å². The van der Waals surface area contributed by atoms with Gasteiger partial charge in [-0.05, 0) is 30.9 Å². The van der Waals surface area contributed by atoms with Crippen LogP contribution in [-0.4, -0.2) is 11.5 Å². The van der Waals surface area contributed by atoms with Gasteiger partial charge in [0.2, 0.25) is 0 Å². The number of hydrogen-bond acceptors (Lipinski definition) is 3. The molecule has 2 aromatic rings. The summed E-state index contributed by atoms with van der Waals surface area (Å²) >= 11 is 1.83. The van der Waals surface area contributed by atoms with Gasteiger partial charge in [-0.25, -0.2) is 4.98 Å². The third-order valence-electron chi connectivity index (χ3n) is 3.85. The zero-order valence-electron chi connectivity index (χ0n) is 9.93. The summed E-state index contributed by atoms with van der Waals surface area (Å²) < 4.78 is 1.29. The van der Waals surface area contributed by atoms with Gasteiger partial charge < -0.3 is 5.73 Å². The summed E-state index contributed by atoms with van der Waals surface area (Å²) in [6.45, 7) is 0.741. The molecule has 1 unspecified atom stereocenters. The maximum absolute atomic E-state index is 5.97. The van der Waals surface area contributed by atoms with Crippen LogP contribution in [0.5, 0.6) is 0 Å². The predicted molar refractivity (Wildman–Crippen MR) is 73.4 cm³/mol. The molecular weight excluding hydrogens is 228 g/mol. The van der Waals surface area contributed by atoms with Gasteiger partial charge in [-0.2, -0.15) is 0 Å². The van der Waals surface area contributed by atoms with E-state index in [0.29, 0.717) is 5.92 Å². The molecule has 0 saturated heterocycles. The zero-order valence-corrected chi connectivity index (χ0v) is 10.7. The maximum atomic E-state index is 5.97. The van der Waals surface area contributed by atoms with Crippen molar-refractivity contribution in [1.29, 1.82) is 0 Å². The van der Waals surface area contributed by atoms with E-state index in [0.717, 1.165) is 18.0 Å². The van der Waals surface area contributed by atoms with Gasteiger partial charge in [0.1, 0.15) is 0 Å².